The smallest absolute Gasteiger partial charge is 0.230 e. The molecule has 2 N–H and O–H groups in total. The summed E-state index contributed by atoms with van der Waals surface area (Å²) >= 11 is 3.40. The lowest BCUT2D eigenvalue weighted by atomic mass is 10.1. The van der Waals surface area contributed by atoms with Gasteiger partial charge in [0.15, 0.2) is 0 Å². The molecule has 6 heteroatoms. The number of halogens is 1. The number of carbonyl (C=O) groups is 1. The number of aromatic amines is 1. The average molecular weight is 307 g/mol. The van der Waals surface area contributed by atoms with Gasteiger partial charge in [0.25, 0.3) is 0 Å². The van der Waals surface area contributed by atoms with E-state index in [0.29, 0.717) is 11.9 Å². The Balaban J connectivity index is 1.63. The van der Waals surface area contributed by atoms with Crippen LogP contribution in [0.15, 0.2) is 35.1 Å². The summed E-state index contributed by atoms with van der Waals surface area (Å²) in [6.45, 7) is 0. The summed E-state index contributed by atoms with van der Waals surface area (Å²) in [4.78, 5) is 15.8. The van der Waals surface area contributed by atoms with Gasteiger partial charge in [-0.05, 0) is 30.0 Å². The van der Waals surface area contributed by atoms with Crippen LogP contribution in [0, 0.1) is 5.92 Å². The number of nitrogens with one attached hydrogen (secondary N) is 2. The molecular formula is C12H11BrN4O. The third kappa shape index (κ3) is 2.28. The molecule has 2 aromatic rings. The second-order valence-electron chi connectivity index (χ2n) is 4.32. The number of rotatable bonds is 3. The first-order valence-corrected chi connectivity index (χ1v) is 6.45. The summed E-state index contributed by atoms with van der Waals surface area (Å²) in [5.74, 6) is 0.762. The Morgan fingerprint density at radius 3 is 2.83 bits per heavy atom. The Kier molecular flexibility index (Phi) is 2.87. The zero-order chi connectivity index (χ0) is 12.5. The molecule has 5 nitrogen and oxygen atoms in total. The maximum atomic E-state index is 11.9. The van der Waals surface area contributed by atoms with Crippen molar-refractivity contribution in [1.29, 1.82) is 0 Å². The largest absolute Gasteiger partial charge is 0.295 e. The van der Waals surface area contributed by atoms with E-state index >= 15 is 0 Å². The fourth-order valence-electron chi connectivity index (χ4n) is 2.04. The molecule has 1 aromatic heterocycles. The van der Waals surface area contributed by atoms with Gasteiger partial charge in [0.2, 0.25) is 11.9 Å². The fraction of sp³-hybridized carbons (Fsp3) is 0.250. The lowest BCUT2D eigenvalue weighted by Gasteiger charge is -2.01. The summed E-state index contributed by atoms with van der Waals surface area (Å²) < 4.78 is 1.05. The molecule has 1 amide bonds. The summed E-state index contributed by atoms with van der Waals surface area (Å²) in [5, 5.41) is 9.02. The van der Waals surface area contributed by atoms with E-state index in [-0.39, 0.29) is 11.8 Å². The molecule has 2 atom stereocenters. The van der Waals surface area contributed by atoms with Crippen LogP contribution in [0.25, 0.3) is 0 Å². The molecule has 0 spiro atoms. The van der Waals surface area contributed by atoms with Gasteiger partial charge >= 0.3 is 0 Å². The minimum atomic E-state index is -0.000307. The Morgan fingerprint density at radius 2 is 2.17 bits per heavy atom. The van der Waals surface area contributed by atoms with Gasteiger partial charge in [0.1, 0.15) is 6.33 Å². The van der Waals surface area contributed by atoms with Gasteiger partial charge in [0.05, 0.1) is 0 Å². The van der Waals surface area contributed by atoms with Crippen LogP contribution in [0.4, 0.5) is 5.95 Å². The maximum absolute atomic E-state index is 11.9. The van der Waals surface area contributed by atoms with Crippen molar-refractivity contribution in [2.24, 2.45) is 5.92 Å². The second kappa shape index (κ2) is 4.53. The molecule has 0 saturated heterocycles. The van der Waals surface area contributed by atoms with Gasteiger partial charge in [-0.2, -0.15) is 10.1 Å². The topological polar surface area (TPSA) is 70.7 Å². The fourth-order valence-corrected chi connectivity index (χ4v) is 2.30. The molecule has 3 rings (SSSR count). The van der Waals surface area contributed by atoms with E-state index in [1.54, 1.807) is 0 Å². The van der Waals surface area contributed by atoms with E-state index in [9.17, 15) is 4.79 Å². The predicted octanol–water partition coefficient (Wildman–Crippen LogP) is 2.31. The van der Waals surface area contributed by atoms with Crippen molar-refractivity contribution in [2.75, 3.05) is 5.32 Å². The molecule has 1 aliphatic carbocycles. The van der Waals surface area contributed by atoms with E-state index in [2.05, 4.69) is 48.6 Å². The first-order chi connectivity index (χ1) is 8.74. The van der Waals surface area contributed by atoms with E-state index in [4.69, 9.17) is 0 Å². The van der Waals surface area contributed by atoms with Crippen LogP contribution in [0.3, 0.4) is 0 Å². The van der Waals surface area contributed by atoms with Crippen molar-refractivity contribution in [2.45, 2.75) is 12.3 Å². The molecule has 1 fully saturated rings. The number of H-pyrrole nitrogens is 1. The molecule has 18 heavy (non-hydrogen) atoms. The number of benzene rings is 1. The van der Waals surface area contributed by atoms with Crippen LogP contribution in [0.1, 0.15) is 17.9 Å². The number of nitrogens with zero attached hydrogens (tertiary/aromatic N) is 2. The van der Waals surface area contributed by atoms with Crippen molar-refractivity contribution in [3.8, 4) is 0 Å². The van der Waals surface area contributed by atoms with Crippen molar-refractivity contribution in [3.63, 3.8) is 0 Å². The van der Waals surface area contributed by atoms with Gasteiger partial charge in [-0.1, -0.05) is 28.1 Å². The van der Waals surface area contributed by atoms with Crippen molar-refractivity contribution >= 4 is 27.8 Å². The highest BCUT2D eigenvalue weighted by Gasteiger charge is 2.44. The van der Waals surface area contributed by atoms with Crippen LogP contribution < -0.4 is 5.32 Å². The zero-order valence-corrected chi connectivity index (χ0v) is 11.0. The summed E-state index contributed by atoms with van der Waals surface area (Å²) in [6, 6.07) is 8.10. The van der Waals surface area contributed by atoms with E-state index < -0.39 is 0 Å². The monoisotopic (exact) mass is 306 g/mol. The molecule has 0 radical (unpaired) electrons. The number of carbonyl (C=O) groups excluding carboxylic acids is 1. The first kappa shape index (κ1) is 11.4. The first-order valence-electron chi connectivity index (χ1n) is 5.66. The van der Waals surface area contributed by atoms with E-state index in [1.807, 2.05) is 12.1 Å². The Bertz CT molecular complexity index is 552. The van der Waals surface area contributed by atoms with Crippen LogP contribution >= 0.6 is 15.9 Å². The number of amides is 1. The highest BCUT2D eigenvalue weighted by Crippen LogP contribution is 2.48. The van der Waals surface area contributed by atoms with Crippen molar-refractivity contribution in [1.82, 2.24) is 15.2 Å². The van der Waals surface area contributed by atoms with Crippen LogP contribution in [-0.4, -0.2) is 21.1 Å². The quantitative estimate of drug-likeness (QED) is 0.914. The molecule has 1 saturated carbocycles. The lowest BCUT2D eigenvalue weighted by Crippen LogP contribution is -2.15. The molecule has 1 aromatic carbocycles. The standard InChI is InChI=1S/C12H11BrN4O/c13-8-3-1-7(2-4-8)9-5-10(9)11(18)16-12-14-6-15-17-12/h1-4,6,9-10H,5H2,(H2,14,15,16,17,18)/t9-,10-/m0/s1. The molecule has 1 aliphatic rings. The number of hydrogen-bond acceptors (Lipinski definition) is 3. The summed E-state index contributed by atoms with van der Waals surface area (Å²) in [6.07, 6.45) is 2.26. The Hall–Kier alpha value is -1.69. The minimum Gasteiger partial charge on any atom is -0.295 e. The van der Waals surface area contributed by atoms with E-state index in [1.165, 1.54) is 11.9 Å². The Labute approximate surface area is 112 Å². The van der Waals surface area contributed by atoms with Crippen LogP contribution in [0.2, 0.25) is 0 Å². The minimum absolute atomic E-state index is 0.000307. The number of anilines is 1. The van der Waals surface area contributed by atoms with Gasteiger partial charge in [-0.15, -0.1) is 0 Å². The van der Waals surface area contributed by atoms with Gasteiger partial charge in [-0.25, -0.2) is 5.10 Å². The van der Waals surface area contributed by atoms with Crippen molar-refractivity contribution < 1.29 is 4.79 Å². The molecule has 92 valence electrons. The second-order valence-corrected chi connectivity index (χ2v) is 5.24. The highest BCUT2D eigenvalue weighted by molar-refractivity contribution is 9.10. The SMILES string of the molecule is O=C(Nc1ncn[nH]1)[C@H]1C[C@H]1c1ccc(Br)cc1. The van der Waals surface area contributed by atoms with Gasteiger partial charge in [-0.3, -0.25) is 10.1 Å². The molecule has 1 heterocycles. The molecule has 0 bridgehead atoms. The summed E-state index contributed by atoms with van der Waals surface area (Å²) in [5.41, 5.74) is 1.20. The molecule has 0 aliphatic heterocycles. The zero-order valence-electron chi connectivity index (χ0n) is 9.43. The third-order valence-electron chi connectivity index (χ3n) is 3.08. The number of aromatic nitrogens is 3. The predicted molar refractivity (Wildman–Crippen MR) is 70.0 cm³/mol. The van der Waals surface area contributed by atoms with Crippen LogP contribution in [0.5, 0.6) is 0 Å². The van der Waals surface area contributed by atoms with E-state index in [0.717, 1.165) is 10.9 Å². The molecular weight excluding hydrogens is 296 g/mol. The lowest BCUT2D eigenvalue weighted by molar-refractivity contribution is -0.117. The Morgan fingerprint density at radius 1 is 1.39 bits per heavy atom. The third-order valence-corrected chi connectivity index (χ3v) is 3.61. The average Bonchev–Trinajstić information content (AvgIpc) is 3.01. The van der Waals surface area contributed by atoms with Gasteiger partial charge < -0.3 is 0 Å². The van der Waals surface area contributed by atoms with Crippen molar-refractivity contribution in [3.05, 3.63) is 40.6 Å². The highest BCUT2D eigenvalue weighted by atomic mass is 79.9. The van der Waals surface area contributed by atoms with Crippen LogP contribution in [-0.2, 0) is 4.79 Å². The number of hydrogen-bond donors (Lipinski definition) is 2. The normalized spacial score (nSPS) is 21.6. The molecule has 0 unspecified atom stereocenters. The van der Waals surface area contributed by atoms with Gasteiger partial charge in [0, 0.05) is 10.4 Å². The summed E-state index contributed by atoms with van der Waals surface area (Å²) in [7, 11) is 0. The maximum Gasteiger partial charge on any atom is 0.230 e.